The summed E-state index contributed by atoms with van der Waals surface area (Å²) >= 11 is 4.50. The monoisotopic (exact) mass is 1400 g/mol. The van der Waals surface area contributed by atoms with Crippen molar-refractivity contribution in [2.45, 2.75) is 85.4 Å². The van der Waals surface area contributed by atoms with Gasteiger partial charge in [-0.25, -0.2) is 33.3 Å². The standard InChI is InChI=1S/C31H37IN3O7.C28H34INO7.C4H6N2/c1-6-15-39-31(38)28-23(20(3)27-26(29(36)35(27)28)21(4)30(37)42-41-16-7-2)18-40-25-11-10-22(17-24(25)32)9-8-12-34-14-13-33(5)19-34;1-6-9-10-19-11-12-22(21(29)15-19)35-16-20-17(4)24-23(18(5)27(32)37-36-14-8-3)26(31)30(24)25(20)28(33)34-13-7-2;1-6-3-2-5-4-6/h6-7,10-11,13-14,17,19-21,26-27H,1-2,8-9,12,15-16,18H2,3-5H3;7-8,11-12,15,17-18,23-24H,2-3,6,9-10,13-14,16H2,1,4-5H3;2-4H,1H3/q+1;;/t20-,21?,26?,27?;17-,18?,23?,24?;/m00./s1. The summed E-state index contributed by atoms with van der Waals surface area (Å²) < 4.78 is 31.0. The number of amides is 2. The van der Waals surface area contributed by atoms with Crippen LogP contribution in [0.15, 0.2) is 147 Å². The van der Waals surface area contributed by atoms with Crippen molar-refractivity contribution < 1.29 is 71.8 Å². The average Bonchev–Trinajstić information content (AvgIpc) is 1.62. The molecule has 4 aliphatic rings. The van der Waals surface area contributed by atoms with Gasteiger partial charge >= 0.3 is 23.9 Å². The number of aryl methyl sites for hydroxylation is 5. The van der Waals surface area contributed by atoms with Crippen LogP contribution in [0, 0.1) is 42.6 Å². The van der Waals surface area contributed by atoms with Gasteiger partial charge in [0.1, 0.15) is 74.9 Å². The first kappa shape index (κ1) is 67.2. The SMILES string of the molecule is C=CCOOC(=O)C(C)C1C(=O)N2C(C(=O)OCC=C)=C(COc3ccc(CCCC)cc3I)[C@H](C)C12.C=CCOOC(=O)C(C)C1C(=O)N2C(C(=O)OCC=C)=C(COc3ccc(CCCn4cc[n+](C)c4)cc3I)[C@H](C)C12.Cn1ccnc1. The maximum absolute atomic E-state index is 13.3. The van der Waals surface area contributed by atoms with Gasteiger partial charge in [0.2, 0.25) is 18.1 Å². The van der Waals surface area contributed by atoms with E-state index < -0.39 is 59.6 Å². The number of imidazole rings is 2. The zero-order chi connectivity index (χ0) is 61.9. The van der Waals surface area contributed by atoms with E-state index in [1.54, 1.807) is 26.4 Å². The Balaban J connectivity index is 0.000000249. The summed E-state index contributed by atoms with van der Waals surface area (Å²) in [6.07, 6.45) is 22.6. The molecule has 6 heterocycles. The normalized spacial score (nSPS) is 19.7. The topological polar surface area (TPSA) is 209 Å². The molecule has 0 radical (unpaired) electrons. The molecule has 0 bridgehead atoms. The number of carbonyl (C=O) groups is 6. The number of esters is 2. The van der Waals surface area contributed by atoms with Crippen molar-refractivity contribution in [3.63, 3.8) is 0 Å². The molecule has 22 heteroatoms. The summed E-state index contributed by atoms with van der Waals surface area (Å²) in [5.74, 6) is -5.19. The van der Waals surface area contributed by atoms with Gasteiger partial charge in [-0.2, -0.15) is 9.78 Å². The molecule has 0 saturated carbocycles. The zero-order valence-corrected chi connectivity index (χ0v) is 53.6. The summed E-state index contributed by atoms with van der Waals surface area (Å²) in [4.78, 5) is 104. The molecule has 456 valence electrons. The average molecular weight is 1400 g/mol. The van der Waals surface area contributed by atoms with Gasteiger partial charge < -0.3 is 33.3 Å². The van der Waals surface area contributed by atoms with E-state index in [-0.39, 0.29) is 74.7 Å². The number of rotatable bonds is 29. The Bertz CT molecular complexity index is 3120. The van der Waals surface area contributed by atoms with Gasteiger partial charge in [0.05, 0.1) is 62.8 Å². The van der Waals surface area contributed by atoms with Gasteiger partial charge in [0, 0.05) is 42.4 Å². The van der Waals surface area contributed by atoms with E-state index in [0.717, 1.165) is 45.8 Å². The Hall–Kier alpha value is -6.90. The van der Waals surface area contributed by atoms with Gasteiger partial charge in [-0.05, 0) is 106 Å². The Morgan fingerprint density at radius 3 is 1.52 bits per heavy atom. The third kappa shape index (κ3) is 16.8. The van der Waals surface area contributed by atoms with Crippen molar-refractivity contribution in [2.24, 2.45) is 49.6 Å². The molecule has 2 aromatic heterocycles. The molecule has 0 aliphatic carbocycles. The number of halogens is 2. The number of nitrogens with zero attached hydrogens (tertiary/aromatic N) is 6. The Morgan fingerprint density at radius 1 is 0.694 bits per heavy atom. The number of hydrogen-bond acceptors (Lipinski definition) is 15. The maximum atomic E-state index is 13.3. The largest absolute Gasteiger partial charge is 0.488 e. The maximum Gasteiger partial charge on any atom is 0.355 e. The van der Waals surface area contributed by atoms with Gasteiger partial charge in [-0.15, -0.1) is 13.2 Å². The molecular weight excluding hydrogens is 1320 g/mol. The minimum Gasteiger partial charge on any atom is -0.488 e. The van der Waals surface area contributed by atoms with Crippen LogP contribution in [0.5, 0.6) is 11.5 Å². The van der Waals surface area contributed by atoms with Crippen molar-refractivity contribution in [1.29, 1.82) is 0 Å². The molecule has 8 atom stereocenters. The van der Waals surface area contributed by atoms with Crippen LogP contribution >= 0.6 is 45.2 Å². The number of fused-ring (bicyclic) bond motifs is 2. The molecule has 8 rings (SSSR count). The third-order valence-electron chi connectivity index (χ3n) is 15.0. The summed E-state index contributed by atoms with van der Waals surface area (Å²) in [6, 6.07) is 11.4. The van der Waals surface area contributed by atoms with Crippen LogP contribution < -0.4 is 14.0 Å². The Kier molecular flexibility index (Phi) is 25.8. The fraction of sp³-hybridized carbons (Fsp3) is 0.429. The molecule has 4 aliphatic heterocycles. The van der Waals surface area contributed by atoms with E-state index in [1.165, 1.54) is 45.2 Å². The minimum atomic E-state index is -0.773. The molecule has 6 unspecified atom stereocenters. The first-order valence-electron chi connectivity index (χ1n) is 28.2. The number of ether oxygens (including phenoxy) is 4. The summed E-state index contributed by atoms with van der Waals surface area (Å²) in [6.45, 7) is 24.7. The number of aromatic nitrogens is 4. The Morgan fingerprint density at radius 2 is 1.15 bits per heavy atom. The number of carbonyl (C=O) groups excluding carboxylic acids is 6. The van der Waals surface area contributed by atoms with E-state index in [4.69, 9.17) is 38.5 Å². The molecule has 85 heavy (non-hydrogen) atoms. The van der Waals surface area contributed by atoms with Crippen LogP contribution in [0.1, 0.15) is 65.0 Å². The molecule has 0 N–H and O–H groups in total. The lowest BCUT2D eigenvalue weighted by atomic mass is 9.74. The van der Waals surface area contributed by atoms with E-state index in [2.05, 4.69) is 113 Å². The number of β-lactam (4-membered cyclic amide) rings is 2. The van der Waals surface area contributed by atoms with Crippen LogP contribution in [0.2, 0.25) is 0 Å². The third-order valence-corrected chi connectivity index (χ3v) is 16.7. The van der Waals surface area contributed by atoms with E-state index >= 15 is 0 Å². The number of hydrogen-bond donors (Lipinski definition) is 0. The minimum absolute atomic E-state index is 0.00644. The second-order valence-corrected chi connectivity index (χ2v) is 23.3. The molecule has 2 fully saturated rings. The van der Waals surface area contributed by atoms with Crippen LogP contribution in [-0.2, 0) is 91.3 Å². The smallest absolute Gasteiger partial charge is 0.355 e. The van der Waals surface area contributed by atoms with Gasteiger partial charge in [-0.1, -0.05) is 90.6 Å². The highest BCUT2D eigenvalue weighted by molar-refractivity contribution is 14.1. The van der Waals surface area contributed by atoms with Crippen molar-refractivity contribution >= 4 is 80.9 Å². The predicted octanol–water partition coefficient (Wildman–Crippen LogP) is 8.88. The van der Waals surface area contributed by atoms with Crippen LogP contribution in [-0.4, -0.2) is 111 Å². The van der Waals surface area contributed by atoms with E-state index in [0.29, 0.717) is 22.6 Å². The lowest BCUT2D eigenvalue weighted by Crippen LogP contribution is -2.63. The fourth-order valence-electron chi connectivity index (χ4n) is 10.6. The lowest BCUT2D eigenvalue weighted by Gasteiger charge is -2.47. The molecule has 2 saturated heterocycles. The highest BCUT2D eigenvalue weighted by atomic mass is 127. The summed E-state index contributed by atoms with van der Waals surface area (Å²) in [7, 11) is 3.94. The molecular formula is C63H77I2N6O14+. The molecule has 0 spiro atoms. The number of benzene rings is 2. The quantitative estimate of drug-likeness (QED) is 0.00727. The highest BCUT2D eigenvalue weighted by Crippen LogP contribution is 2.51. The van der Waals surface area contributed by atoms with E-state index in [9.17, 15) is 28.8 Å². The predicted molar refractivity (Wildman–Crippen MR) is 331 cm³/mol. The van der Waals surface area contributed by atoms with Gasteiger partial charge in [0.25, 0.3) is 0 Å². The molecule has 2 amide bonds. The second-order valence-electron chi connectivity index (χ2n) is 20.9. The molecule has 2 aromatic carbocycles. The van der Waals surface area contributed by atoms with Crippen LogP contribution in [0.3, 0.4) is 0 Å². The summed E-state index contributed by atoms with van der Waals surface area (Å²) in [5, 5.41) is 0. The lowest BCUT2D eigenvalue weighted by molar-refractivity contribution is -0.671. The summed E-state index contributed by atoms with van der Waals surface area (Å²) in [5.41, 5.74) is 4.11. The van der Waals surface area contributed by atoms with Gasteiger partial charge in [0.15, 0.2) is 0 Å². The van der Waals surface area contributed by atoms with Crippen molar-refractivity contribution in [2.75, 3.05) is 39.6 Å². The second kappa shape index (κ2) is 32.6. The van der Waals surface area contributed by atoms with Gasteiger partial charge in [-0.3, -0.25) is 19.4 Å². The molecule has 20 nitrogen and oxygen atoms in total. The first-order chi connectivity index (χ1) is 40.8. The fourth-order valence-corrected chi connectivity index (χ4v) is 12.0. The zero-order valence-electron chi connectivity index (χ0n) is 49.3. The van der Waals surface area contributed by atoms with Crippen molar-refractivity contribution in [1.82, 2.24) is 23.9 Å². The first-order valence-corrected chi connectivity index (χ1v) is 30.3. The van der Waals surface area contributed by atoms with Crippen LogP contribution in [0.25, 0.3) is 0 Å². The van der Waals surface area contributed by atoms with Crippen molar-refractivity contribution in [3.8, 4) is 11.5 Å². The highest BCUT2D eigenvalue weighted by Gasteiger charge is 2.63. The Labute approximate surface area is 524 Å². The number of unbranched alkanes of at least 4 members (excludes halogenated alkanes) is 1. The van der Waals surface area contributed by atoms with E-state index in [1.807, 2.05) is 73.7 Å². The molecule has 4 aromatic rings. The van der Waals surface area contributed by atoms with Crippen LogP contribution in [0.4, 0.5) is 0 Å². The van der Waals surface area contributed by atoms with Crippen molar-refractivity contribution in [3.05, 3.63) is 165 Å².